The Labute approximate surface area is 84.1 Å². The van der Waals surface area contributed by atoms with Crippen LogP contribution in [-0.2, 0) is 19.6 Å². The first-order valence-electron chi connectivity index (χ1n) is 4.19. The van der Waals surface area contributed by atoms with Gasteiger partial charge in [0, 0.05) is 13.0 Å². The molecule has 82 valence electrons. The Balaban J connectivity index is 4.26. The van der Waals surface area contributed by atoms with E-state index in [0.29, 0.717) is 13.0 Å². The minimum absolute atomic E-state index is 0.228. The van der Waals surface area contributed by atoms with Crippen LogP contribution >= 0.6 is 0 Å². The van der Waals surface area contributed by atoms with Crippen molar-refractivity contribution in [2.24, 2.45) is 0 Å². The third-order valence-electron chi connectivity index (χ3n) is 1.23. The lowest BCUT2D eigenvalue weighted by Gasteiger charge is -2.10. The van der Waals surface area contributed by atoms with Gasteiger partial charge in [0.1, 0.15) is 12.7 Å². The first kappa shape index (κ1) is 13.2. The SMILES string of the molecule is CCC#COC(COCC)S(=O)(=O)O. The van der Waals surface area contributed by atoms with Crippen LogP contribution in [0.4, 0.5) is 0 Å². The molecule has 0 fully saturated rings. The summed E-state index contributed by atoms with van der Waals surface area (Å²) in [6, 6.07) is 0. The van der Waals surface area contributed by atoms with Gasteiger partial charge in [0.15, 0.2) is 0 Å². The lowest BCUT2D eigenvalue weighted by molar-refractivity contribution is 0.0755. The van der Waals surface area contributed by atoms with Gasteiger partial charge in [-0.3, -0.25) is 4.55 Å². The van der Waals surface area contributed by atoms with Crippen LogP contribution in [-0.4, -0.2) is 31.6 Å². The third-order valence-corrected chi connectivity index (χ3v) is 2.13. The Morgan fingerprint density at radius 3 is 2.50 bits per heavy atom. The zero-order valence-corrected chi connectivity index (χ0v) is 9.00. The van der Waals surface area contributed by atoms with E-state index in [1.54, 1.807) is 13.8 Å². The molecule has 0 bridgehead atoms. The minimum atomic E-state index is -4.27. The molecular formula is C8H14O5S. The number of hydrogen-bond donors (Lipinski definition) is 1. The summed E-state index contributed by atoms with van der Waals surface area (Å²) in [4.78, 5) is 0. The van der Waals surface area contributed by atoms with Gasteiger partial charge in [0.2, 0.25) is 0 Å². The van der Waals surface area contributed by atoms with Crippen molar-refractivity contribution >= 4 is 10.1 Å². The molecule has 0 heterocycles. The van der Waals surface area contributed by atoms with Crippen LogP contribution in [0.3, 0.4) is 0 Å². The molecule has 14 heavy (non-hydrogen) atoms. The fourth-order valence-corrected chi connectivity index (χ4v) is 1.01. The van der Waals surface area contributed by atoms with Crippen molar-refractivity contribution in [1.29, 1.82) is 0 Å². The van der Waals surface area contributed by atoms with E-state index in [2.05, 4.69) is 16.8 Å². The second kappa shape index (κ2) is 6.65. The van der Waals surface area contributed by atoms with Crippen LogP contribution < -0.4 is 0 Å². The van der Waals surface area contributed by atoms with Gasteiger partial charge < -0.3 is 9.47 Å². The molecule has 1 atom stereocenters. The molecule has 1 N–H and O–H groups in total. The van der Waals surface area contributed by atoms with Gasteiger partial charge in [0.05, 0.1) is 0 Å². The smallest absolute Gasteiger partial charge is 0.306 e. The van der Waals surface area contributed by atoms with Crippen LogP contribution in [0.25, 0.3) is 0 Å². The van der Waals surface area contributed by atoms with E-state index in [1.165, 1.54) is 0 Å². The van der Waals surface area contributed by atoms with Crippen LogP contribution in [0.2, 0.25) is 0 Å². The third kappa shape index (κ3) is 5.80. The van der Waals surface area contributed by atoms with Gasteiger partial charge in [-0.15, -0.1) is 0 Å². The summed E-state index contributed by atoms with van der Waals surface area (Å²) in [6.45, 7) is 3.62. The van der Waals surface area contributed by atoms with E-state index < -0.39 is 15.6 Å². The standard InChI is InChI=1S/C8H14O5S/c1-3-5-6-13-8(7-12-4-2)14(9,10)11/h8H,3-4,7H2,1-2H3,(H,9,10,11). The molecular weight excluding hydrogens is 208 g/mol. The van der Waals surface area contributed by atoms with Gasteiger partial charge in [-0.1, -0.05) is 12.8 Å². The molecule has 0 aliphatic heterocycles. The number of rotatable bonds is 5. The Kier molecular flexibility index (Phi) is 6.28. The Morgan fingerprint density at radius 1 is 1.43 bits per heavy atom. The normalized spacial score (nSPS) is 12.8. The van der Waals surface area contributed by atoms with Crippen LogP contribution in [0.1, 0.15) is 20.3 Å². The second-order valence-corrected chi connectivity index (χ2v) is 3.91. The molecule has 0 aliphatic carbocycles. The first-order valence-corrected chi connectivity index (χ1v) is 5.70. The van der Waals surface area contributed by atoms with Gasteiger partial charge in [-0.25, -0.2) is 0 Å². The zero-order chi connectivity index (χ0) is 11.0. The molecule has 0 saturated heterocycles. The summed E-state index contributed by atoms with van der Waals surface area (Å²) in [5, 5.41) is 0. The lowest BCUT2D eigenvalue weighted by atomic mass is 10.5. The molecule has 0 rings (SSSR count). The average molecular weight is 222 g/mol. The molecule has 0 spiro atoms. The molecule has 6 heteroatoms. The average Bonchev–Trinajstić information content (AvgIpc) is 2.09. The van der Waals surface area contributed by atoms with Crippen molar-refractivity contribution < 1.29 is 22.4 Å². The van der Waals surface area contributed by atoms with E-state index in [9.17, 15) is 8.42 Å². The van der Waals surface area contributed by atoms with Crippen LogP contribution in [0.5, 0.6) is 0 Å². The van der Waals surface area contributed by atoms with Crippen molar-refractivity contribution in [2.75, 3.05) is 13.2 Å². The maximum absolute atomic E-state index is 10.7. The Hall–Kier alpha value is -0.770. The number of hydrogen-bond acceptors (Lipinski definition) is 4. The van der Waals surface area contributed by atoms with Gasteiger partial charge in [0.25, 0.3) is 5.44 Å². The first-order chi connectivity index (χ1) is 6.52. The topological polar surface area (TPSA) is 72.8 Å². The quantitative estimate of drug-likeness (QED) is 0.545. The molecule has 1 unspecified atom stereocenters. The highest BCUT2D eigenvalue weighted by Gasteiger charge is 2.24. The second-order valence-electron chi connectivity index (χ2n) is 2.35. The molecule has 0 aromatic rings. The molecule has 0 aromatic heterocycles. The predicted octanol–water partition coefficient (Wildman–Crippen LogP) is 0.624. The van der Waals surface area contributed by atoms with Crippen LogP contribution in [0.15, 0.2) is 0 Å². The largest absolute Gasteiger partial charge is 0.422 e. The van der Waals surface area contributed by atoms with Gasteiger partial charge in [-0.2, -0.15) is 8.42 Å². The summed E-state index contributed by atoms with van der Waals surface area (Å²) in [5.74, 6) is 2.52. The zero-order valence-electron chi connectivity index (χ0n) is 8.19. The van der Waals surface area contributed by atoms with E-state index in [0.717, 1.165) is 0 Å². The van der Waals surface area contributed by atoms with Crippen molar-refractivity contribution in [3.05, 3.63) is 0 Å². The van der Waals surface area contributed by atoms with Crippen molar-refractivity contribution in [2.45, 2.75) is 25.7 Å². The molecule has 0 radical (unpaired) electrons. The highest BCUT2D eigenvalue weighted by molar-refractivity contribution is 7.86. The van der Waals surface area contributed by atoms with E-state index in [1.807, 2.05) is 0 Å². The highest BCUT2D eigenvalue weighted by atomic mass is 32.2. The summed E-state index contributed by atoms with van der Waals surface area (Å²) >= 11 is 0. The monoisotopic (exact) mass is 222 g/mol. The van der Waals surface area contributed by atoms with E-state index >= 15 is 0 Å². The summed E-state index contributed by atoms with van der Waals surface area (Å²) in [6.07, 6.45) is 2.73. The minimum Gasteiger partial charge on any atom is -0.422 e. The lowest BCUT2D eigenvalue weighted by Crippen LogP contribution is -2.27. The highest BCUT2D eigenvalue weighted by Crippen LogP contribution is 2.01. The maximum Gasteiger partial charge on any atom is 0.306 e. The Morgan fingerprint density at radius 2 is 2.07 bits per heavy atom. The van der Waals surface area contributed by atoms with Crippen LogP contribution in [0, 0.1) is 12.0 Å². The van der Waals surface area contributed by atoms with Crippen molar-refractivity contribution in [1.82, 2.24) is 0 Å². The molecule has 0 saturated carbocycles. The molecule has 0 aliphatic rings. The van der Waals surface area contributed by atoms with Gasteiger partial charge in [-0.05, 0) is 6.92 Å². The van der Waals surface area contributed by atoms with Gasteiger partial charge >= 0.3 is 10.1 Å². The number of ether oxygens (including phenoxy) is 2. The van der Waals surface area contributed by atoms with Crippen molar-refractivity contribution in [3.8, 4) is 12.0 Å². The molecule has 5 nitrogen and oxygen atoms in total. The van der Waals surface area contributed by atoms with E-state index in [-0.39, 0.29) is 6.61 Å². The molecule has 0 aromatic carbocycles. The summed E-state index contributed by atoms with van der Waals surface area (Å²) in [7, 11) is -4.27. The Bertz CT molecular complexity index is 297. The molecule has 0 amide bonds. The maximum atomic E-state index is 10.7. The fraction of sp³-hybridized carbons (Fsp3) is 0.750. The van der Waals surface area contributed by atoms with E-state index in [4.69, 9.17) is 9.29 Å². The van der Waals surface area contributed by atoms with Crippen molar-refractivity contribution in [3.63, 3.8) is 0 Å². The summed E-state index contributed by atoms with van der Waals surface area (Å²) in [5.41, 5.74) is -1.43. The summed E-state index contributed by atoms with van der Waals surface area (Å²) < 4.78 is 39.6. The predicted molar refractivity (Wildman–Crippen MR) is 51.0 cm³/mol. The fourth-order valence-electron chi connectivity index (χ4n) is 0.574.